The van der Waals surface area contributed by atoms with Gasteiger partial charge in [0.15, 0.2) is 5.82 Å². The smallest absolute Gasteiger partial charge is 0.425 e. The molecule has 7 nitrogen and oxygen atoms in total. The fourth-order valence-corrected chi connectivity index (χ4v) is 2.42. The maximum Gasteiger partial charge on any atom is 0.425 e. The molecule has 2 rings (SSSR count). The summed E-state index contributed by atoms with van der Waals surface area (Å²) in [5.41, 5.74) is 5.75. The van der Waals surface area contributed by atoms with Crippen molar-refractivity contribution in [3.8, 4) is 0 Å². The summed E-state index contributed by atoms with van der Waals surface area (Å²) in [6, 6.07) is 5.19. The van der Waals surface area contributed by atoms with E-state index in [0.717, 1.165) is 15.8 Å². The van der Waals surface area contributed by atoms with Crippen molar-refractivity contribution in [1.29, 1.82) is 0 Å². The summed E-state index contributed by atoms with van der Waals surface area (Å²) in [7, 11) is 0. The molecule has 0 saturated carbocycles. The molecule has 0 aliphatic rings. The van der Waals surface area contributed by atoms with Crippen molar-refractivity contribution in [2.75, 3.05) is 10.6 Å². The number of anilines is 2. The maximum atomic E-state index is 12.8. The lowest BCUT2D eigenvalue weighted by atomic mass is 10.1. The van der Waals surface area contributed by atoms with E-state index in [9.17, 15) is 9.59 Å². The molecule has 0 spiro atoms. The Bertz CT molecular complexity index is 851. The van der Waals surface area contributed by atoms with Crippen LogP contribution >= 0.6 is 0 Å². The zero-order chi connectivity index (χ0) is 20.6. The zero-order valence-corrected chi connectivity index (χ0v) is 16.9. The second kappa shape index (κ2) is 7.06. The number of benzene rings is 1. The van der Waals surface area contributed by atoms with Gasteiger partial charge in [-0.2, -0.15) is 4.90 Å². The summed E-state index contributed by atoms with van der Waals surface area (Å²) in [4.78, 5) is 30.8. The highest BCUT2D eigenvalue weighted by atomic mass is 16.6. The van der Waals surface area contributed by atoms with E-state index < -0.39 is 23.4 Å². The Morgan fingerprint density at radius 1 is 0.963 bits per heavy atom. The number of amides is 2. The van der Waals surface area contributed by atoms with Crippen LogP contribution in [0.4, 0.5) is 21.1 Å². The molecule has 2 aromatic rings. The lowest BCUT2D eigenvalue weighted by molar-refractivity contribution is 0.0429. The third-order valence-corrected chi connectivity index (χ3v) is 3.45. The highest BCUT2D eigenvalue weighted by Crippen LogP contribution is 2.30. The molecule has 0 saturated heterocycles. The summed E-state index contributed by atoms with van der Waals surface area (Å²) in [6.45, 7) is 12.2. The molecule has 0 atom stereocenters. The van der Waals surface area contributed by atoms with Crippen LogP contribution in [0.5, 0.6) is 0 Å². The van der Waals surface area contributed by atoms with Crippen LogP contribution in [-0.2, 0) is 9.47 Å². The number of nitrogens with zero attached hydrogens (tertiary/aromatic N) is 2. The van der Waals surface area contributed by atoms with E-state index in [0.29, 0.717) is 11.1 Å². The molecule has 146 valence electrons. The molecule has 1 aromatic carbocycles. The number of aryl methyl sites for hydroxylation is 1. The summed E-state index contributed by atoms with van der Waals surface area (Å²) in [5, 5.41) is 1.39. The first kappa shape index (κ1) is 20.5. The lowest BCUT2D eigenvalue weighted by Gasteiger charge is -2.28. The number of nitrogen functional groups attached to an aromatic ring is 1. The highest BCUT2D eigenvalue weighted by Gasteiger charge is 2.34. The molecule has 0 fully saturated rings. The van der Waals surface area contributed by atoms with Crippen molar-refractivity contribution >= 4 is 34.5 Å². The number of carbonyl (C=O) groups excluding carboxylic acids is 2. The van der Waals surface area contributed by atoms with Gasteiger partial charge in [-0.05, 0) is 77.6 Å². The van der Waals surface area contributed by atoms with Gasteiger partial charge >= 0.3 is 12.2 Å². The van der Waals surface area contributed by atoms with Gasteiger partial charge in [0.05, 0.1) is 0 Å². The van der Waals surface area contributed by atoms with Crippen molar-refractivity contribution in [1.82, 2.24) is 4.98 Å². The Kier molecular flexibility index (Phi) is 5.35. The summed E-state index contributed by atoms with van der Waals surface area (Å²) >= 11 is 0. The van der Waals surface area contributed by atoms with Gasteiger partial charge in [0.25, 0.3) is 0 Å². The minimum Gasteiger partial charge on any atom is -0.443 e. The molecule has 1 aromatic heterocycles. The number of hydrogen-bond donors (Lipinski definition) is 1. The monoisotopic (exact) mass is 373 g/mol. The SMILES string of the molecule is Cc1cnc(N(C(=O)OC(C)(C)C)C(=O)OC(C)(C)C)c2ccc(N)cc12. The normalized spacial score (nSPS) is 12.0. The van der Waals surface area contributed by atoms with Crippen molar-refractivity contribution in [2.45, 2.75) is 59.7 Å². The van der Waals surface area contributed by atoms with Crippen molar-refractivity contribution in [3.05, 3.63) is 30.0 Å². The number of nitrogens with two attached hydrogens (primary N) is 1. The highest BCUT2D eigenvalue weighted by molar-refractivity contribution is 6.14. The molecule has 7 heteroatoms. The molecule has 0 aliphatic carbocycles. The Morgan fingerprint density at radius 2 is 1.48 bits per heavy atom. The van der Waals surface area contributed by atoms with Gasteiger partial charge in [-0.25, -0.2) is 14.6 Å². The quantitative estimate of drug-likeness (QED) is 0.721. The number of imide groups is 1. The standard InChI is InChI=1S/C20H27N3O4/c1-12-11-22-16(14-9-8-13(21)10-15(12)14)23(17(24)26-19(2,3)4)18(25)27-20(5,6)7/h8-11H,21H2,1-7H3. The summed E-state index contributed by atoms with van der Waals surface area (Å²) in [6.07, 6.45) is -0.129. The third kappa shape index (κ3) is 5.09. The van der Waals surface area contributed by atoms with Gasteiger partial charge in [0.2, 0.25) is 0 Å². The van der Waals surface area contributed by atoms with Crippen LogP contribution in [0.2, 0.25) is 0 Å². The van der Waals surface area contributed by atoms with Crippen LogP contribution in [0.3, 0.4) is 0 Å². The van der Waals surface area contributed by atoms with Crippen LogP contribution in [-0.4, -0.2) is 28.4 Å². The van der Waals surface area contributed by atoms with E-state index in [4.69, 9.17) is 15.2 Å². The average molecular weight is 373 g/mol. The molecule has 2 amide bonds. The Balaban J connectivity index is 2.63. The van der Waals surface area contributed by atoms with Gasteiger partial charge in [-0.3, -0.25) is 0 Å². The maximum absolute atomic E-state index is 12.8. The first-order chi connectivity index (χ1) is 12.3. The van der Waals surface area contributed by atoms with Crippen molar-refractivity contribution < 1.29 is 19.1 Å². The topological polar surface area (TPSA) is 94.8 Å². The number of fused-ring (bicyclic) bond motifs is 1. The molecule has 0 radical (unpaired) electrons. The second-order valence-corrected chi connectivity index (χ2v) is 8.37. The van der Waals surface area contributed by atoms with E-state index >= 15 is 0 Å². The molecular weight excluding hydrogens is 346 g/mol. The molecule has 0 unspecified atom stereocenters. The number of ether oxygens (including phenoxy) is 2. The van der Waals surface area contributed by atoms with E-state index in [-0.39, 0.29) is 5.82 Å². The van der Waals surface area contributed by atoms with Gasteiger partial charge in [-0.15, -0.1) is 0 Å². The second-order valence-electron chi connectivity index (χ2n) is 8.37. The largest absolute Gasteiger partial charge is 0.443 e. The molecule has 0 bridgehead atoms. The predicted molar refractivity (Wildman–Crippen MR) is 106 cm³/mol. The third-order valence-electron chi connectivity index (χ3n) is 3.45. The number of aromatic nitrogens is 1. The first-order valence-corrected chi connectivity index (χ1v) is 8.69. The van der Waals surface area contributed by atoms with Crippen LogP contribution in [0, 0.1) is 6.92 Å². The number of rotatable bonds is 1. The molecule has 2 N–H and O–H groups in total. The van der Waals surface area contributed by atoms with Gasteiger partial charge in [0, 0.05) is 17.3 Å². The fraction of sp³-hybridized carbons (Fsp3) is 0.450. The number of pyridine rings is 1. The minimum absolute atomic E-state index is 0.138. The molecule has 27 heavy (non-hydrogen) atoms. The lowest BCUT2D eigenvalue weighted by Crippen LogP contribution is -2.44. The Hall–Kier alpha value is -2.83. The Morgan fingerprint density at radius 3 is 1.96 bits per heavy atom. The average Bonchev–Trinajstić information content (AvgIpc) is 2.46. The van der Waals surface area contributed by atoms with Crippen LogP contribution in [0.15, 0.2) is 24.4 Å². The zero-order valence-electron chi connectivity index (χ0n) is 16.9. The fourth-order valence-electron chi connectivity index (χ4n) is 2.42. The van der Waals surface area contributed by atoms with Crippen LogP contribution in [0.25, 0.3) is 10.8 Å². The molecule has 1 heterocycles. The van der Waals surface area contributed by atoms with Crippen LogP contribution < -0.4 is 10.6 Å². The van der Waals surface area contributed by atoms with Gasteiger partial charge < -0.3 is 15.2 Å². The number of hydrogen-bond acceptors (Lipinski definition) is 6. The van der Waals surface area contributed by atoms with E-state index in [2.05, 4.69) is 4.98 Å². The Labute approximate surface area is 159 Å². The van der Waals surface area contributed by atoms with E-state index in [1.807, 2.05) is 6.92 Å². The van der Waals surface area contributed by atoms with Crippen LogP contribution in [0.1, 0.15) is 47.1 Å². The minimum atomic E-state index is -0.855. The first-order valence-electron chi connectivity index (χ1n) is 8.69. The van der Waals surface area contributed by atoms with E-state index in [1.54, 1.807) is 65.9 Å². The van der Waals surface area contributed by atoms with Crippen molar-refractivity contribution in [2.24, 2.45) is 0 Å². The predicted octanol–water partition coefficient (Wildman–Crippen LogP) is 4.80. The molecule has 0 aliphatic heterocycles. The summed E-state index contributed by atoms with van der Waals surface area (Å²) in [5.74, 6) is 0.138. The summed E-state index contributed by atoms with van der Waals surface area (Å²) < 4.78 is 10.8. The van der Waals surface area contributed by atoms with E-state index in [1.165, 1.54) is 0 Å². The van der Waals surface area contributed by atoms with Crippen molar-refractivity contribution in [3.63, 3.8) is 0 Å². The van der Waals surface area contributed by atoms with Gasteiger partial charge in [-0.1, -0.05) is 0 Å². The molecular formula is C20H27N3O4. The number of carbonyl (C=O) groups is 2. The van der Waals surface area contributed by atoms with Gasteiger partial charge in [0.1, 0.15) is 11.2 Å².